The summed E-state index contributed by atoms with van der Waals surface area (Å²) in [5.74, 6) is 0. The van der Waals surface area contributed by atoms with E-state index in [2.05, 4.69) is 17.7 Å². The molecule has 2 aromatic rings. The molecule has 0 spiro atoms. The summed E-state index contributed by atoms with van der Waals surface area (Å²) in [6.45, 7) is 2.08. The predicted octanol–water partition coefficient (Wildman–Crippen LogP) is 3.82. The fraction of sp³-hybridized carbons (Fsp3) is 0.200. The number of rotatable bonds is 2. The molecule has 1 atom stereocenters. The summed E-state index contributed by atoms with van der Waals surface area (Å²) in [5, 5.41) is 4.22. The molecule has 0 aliphatic carbocycles. The van der Waals surface area contributed by atoms with Gasteiger partial charge >= 0.3 is 0 Å². The number of hydrogen-bond donors (Lipinski definition) is 1. The first-order chi connectivity index (χ1) is 6.68. The number of hydrogen-bond acceptors (Lipinski definition) is 3. The van der Waals surface area contributed by atoms with Gasteiger partial charge in [-0.25, -0.2) is 0 Å². The first-order valence-electron chi connectivity index (χ1n) is 4.22. The fourth-order valence-corrected chi connectivity index (χ4v) is 3.31. The van der Waals surface area contributed by atoms with Crippen LogP contribution in [0.2, 0.25) is 4.34 Å². The van der Waals surface area contributed by atoms with E-state index in [4.69, 9.17) is 17.3 Å². The van der Waals surface area contributed by atoms with E-state index in [1.165, 1.54) is 11.1 Å². The van der Waals surface area contributed by atoms with E-state index in [1.54, 1.807) is 22.7 Å². The molecule has 2 N–H and O–H groups in total. The average molecular weight is 244 g/mol. The van der Waals surface area contributed by atoms with Crippen molar-refractivity contribution in [1.29, 1.82) is 0 Å². The van der Waals surface area contributed by atoms with Crippen molar-refractivity contribution in [3.63, 3.8) is 0 Å². The second-order valence-electron chi connectivity index (χ2n) is 3.13. The Morgan fingerprint density at radius 3 is 2.64 bits per heavy atom. The van der Waals surface area contributed by atoms with Crippen LogP contribution in [0.4, 0.5) is 0 Å². The highest BCUT2D eigenvalue weighted by molar-refractivity contribution is 7.16. The van der Waals surface area contributed by atoms with E-state index in [-0.39, 0.29) is 6.04 Å². The van der Waals surface area contributed by atoms with Gasteiger partial charge in [0, 0.05) is 4.88 Å². The molecule has 2 aromatic heterocycles. The van der Waals surface area contributed by atoms with Gasteiger partial charge in [-0.1, -0.05) is 11.6 Å². The van der Waals surface area contributed by atoms with Crippen LogP contribution < -0.4 is 5.73 Å². The molecule has 2 heterocycles. The summed E-state index contributed by atoms with van der Waals surface area (Å²) in [4.78, 5) is 1.12. The van der Waals surface area contributed by atoms with Crippen molar-refractivity contribution in [3.05, 3.63) is 43.2 Å². The monoisotopic (exact) mass is 243 g/mol. The quantitative estimate of drug-likeness (QED) is 0.853. The van der Waals surface area contributed by atoms with Gasteiger partial charge < -0.3 is 5.73 Å². The summed E-state index contributed by atoms with van der Waals surface area (Å²) in [5.41, 5.74) is 8.59. The maximum absolute atomic E-state index is 6.13. The zero-order valence-corrected chi connectivity index (χ0v) is 10.0. The molecule has 1 nitrogen and oxygen atoms in total. The molecule has 0 aliphatic rings. The molecular weight excluding hydrogens is 234 g/mol. The highest BCUT2D eigenvalue weighted by atomic mass is 35.5. The zero-order valence-electron chi connectivity index (χ0n) is 7.66. The van der Waals surface area contributed by atoms with Crippen LogP contribution in [0.1, 0.15) is 22.0 Å². The molecule has 0 aromatic carbocycles. The van der Waals surface area contributed by atoms with E-state index in [0.717, 1.165) is 9.21 Å². The second kappa shape index (κ2) is 4.03. The molecule has 0 radical (unpaired) electrons. The number of thiophene rings is 2. The van der Waals surface area contributed by atoms with Crippen LogP contribution in [0.15, 0.2) is 22.9 Å². The van der Waals surface area contributed by atoms with Crippen LogP contribution in [-0.2, 0) is 0 Å². The van der Waals surface area contributed by atoms with Gasteiger partial charge in [0.2, 0.25) is 0 Å². The number of aryl methyl sites for hydroxylation is 1. The van der Waals surface area contributed by atoms with Gasteiger partial charge in [0.05, 0.1) is 10.4 Å². The highest BCUT2D eigenvalue weighted by Gasteiger charge is 2.13. The third-order valence-corrected chi connectivity index (χ3v) is 4.32. The molecule has 0 fully saturated rings. The lowest BCUT2D eigenvalue weighted by Gasteiger charge is -2.08. The Morgan fingerprint density at radius 1 is 1.36 bits per heavy atom. The van der Waals surface area contributed by atoms with Crippen molar-refractivity contribution in [2.45, 2.75) is 13.0 Å². The SMILES string of the molecule is Cc1cscc1C(N)c1ccc(Cl)s1. The Bertz CT molecular complexity index is 433. The van der Waals surface area contributed by atoms with Crippen molar-refractivity contribution < 1.29 is 0 Å². The maximum atomic E-state index is 6.13. The van der Waals surface area contributed by atoms with Gasteiger partial charge in [-0.2, -0.15) is 11.3 Å². The lowest BCUT2D eigenvalue weighted by molar-refractivity contribution is 0.890. The summed E-state index contributed by atoms with van der Waals surface area (Å²) in [7, 11) is 0. The van der Waals surface area contributed by atoms with E-state index in [1.807, 2.05) is 12.1 Å². The van der Waals surface area contributed by atoms with Gasteiger partial charge in [-0.05, 0) is 40.9 Å². The van der Waals surface area contributed by atoms with Crippen LogP contribution in [0.25, 0.3) is 0 Å². The summed E-state index contributed by atoms with van der Waals surface area (Å²) < 4.78 is 0.795. The molecule has 14 heavy (non-hydrogen) atoms. The largest absolute Gasteiger partial charge is 0.320 e. The van der Waals surface area contributed by atoms with Crippen molar-refractivity contribution in [2.75, 3.05) is 0 Å². The minimum atomic E-state index is -0.0289. The minimum Gasteiger partial charge on any atom is -0.320 e. The van der Waals surface area contributed by atoms with Crippen LogP contribution in [-0.4, -0.2) is 0 Å². The van der Waals surface area contributed by atoms with Gasteiger partial charge in [0.15, 0.2) is 0 Å². The molecule has 0 amide bonds. The third kappa shape index (κ3) is 1.86. The van der Waals surface area contributed by atoms with Crippen molar-refractivity contribution in [2.24, 2.45) is 5.73 Å². The van der Waals surface area contributed by atoms with Crippen molar-refractivity contribution >= 4 is 34.3 Å². The summed E-state index contributed by atoms with van der Waals surface area (Å²) in [6, 6.07) is 3.86. The topological polar surface area (TPSA) is 26.0 Å². The Hall–Kier alpha value is -0.350. The lowest BCUT2D eigenvalue weighted by Crippen LogP contribution is -2.10. The first kappa shape index (κ1) is 10.2. The summed E-state index contributed by atoms with van der Waals surface area (Å²) >= 11 is 9.11. The smallest absolute Gasteiger partial charge is 0.0931 e. The predicted molar refractivity (Wildman–Crippen MR) is 64.4 cm³/mol. The molecule has 0 saturated heterocycles. The Kier molecular flexibility index (Phi) is 2.93. The Labute approximate surface area is 96.1 Å². The molecule has 4 heteroatoms. The van der Waals surface area contributed by atoms with E-state index >= 15 is 0 Å². The molecule has 0 saturated carbocycles. The molecule has 1 unspecified atom stereocenters. The van der Waals surface area contributed by atoms with E-state index in [0.29, 0.717) is 0 Å². The Morgan fingerprint density at radius 2 is 2.14 bits per heavy atom. The van der Waals surface area contributed by atoms with Gasteiger partial charge in [0.1, 0.15) is 0 Å². The molecule has 2 rings (SSSR count). The van der Waals surface area contributed by atoms with E-state index in [9.17, 15) is 0 Å². The van der Waals surface area contributed by atoms with Crippen molar-refractivity contribution in [1.82, 2.24) is 0 Å². The fourth-order valence-electron chi connectivity index (χ4n) is 1.34. The molecular formula is C10H10ClNS2. The first-order valence-corrected chi connectivity index (χ1v) is 6.35. The van der Waals surface area contributed by atoms with Gasteiger partial charge in [0.25, 0.3) is 0 Å². The maximum Gasteiger partial charge on any atom is 0.0931 e. The highest BCUT2D eigenvalue weighted by Crippen LogP contribution is 2.31. The van der Waals surface area contributed by atoms with E-state index < -0.39 is 0 Å². The molecule has 0 bridgehead atoms. The average Bonchev–Trinajstić information content (AvgIpc) is 2.73. The molecule has 0 aliphatic heterocycles. The summed E-state index contributed by atoms with van der Waals surface area (Å²) in [6.07, 6.45) is 0. The van der Waals surface area contributed by atoms with Gasteiger partial charge in [-0.3, -0.25) is 0 Å². The normalized spacial score (nSPS) is 13.1. The number of halogens is 1. The van der Waals surface area contributed by atoms with Crippen LogP contribution in [0, 0.1) is 6.92 Å². The Balaban J connectivity index is 2.33. The van der Waals surface area contributed by atoms with Crippen LogP contribution in [0.5, 0.6) is 0 Å². The number of nitrogens with two attached hydrogens (primary N) is 1. The van der Waals surface area contributed by atoms with Crippen molar-refractivity contribution in [3.8, 4) is 0 Å². The lowest BCUT2D eigenvalue weighted by atomic mass is 10.1. The zero-order chi connectivity index (χ0) is 10.1. The van der Waals surface area contributed by atoms with Gasteiger partial charge in [-0.15, -0.1) is 11.3 Å². The minimum absolute atomic E-state index is 0.0289. The third-order valence-electron chi connectivity index (χ3n) is 2.13. The molecule has 74 valence electrons. The van der Waals surface area contributed by atoms with Crippen LogP contribution in [0.3, 0.4) is 0 Å². The second-order valence-corrected chi connectivity index (χ2v) is 5.62. The standard InChI is InChI=1S/C10H10ClNS2/c1-6-4-13-5-7(6)10(12)8-2-3-9(11)14-8/h2-5,10H,12H2,1H3. The van der Waals surface area contributed by atoms with Crippen LogP contribution >= 0.6 is 34.3 Å².